The lowest BCUT2D eigenvalue weighted by molar-refractivity contribution is -0.139. The summed E-state index contributed by atoms with van der Waals surface area (Å²) in [7, 11) is 1.56. The molecule has 5 nitrogen and oxygen atoms in total. The van der Waals surface area contributed by atoms with Crippen LogP contribution in [0.2, 0.25) is 0 Å². The van der Waals surface area contributed by atoms with E-state index in [0.29, 0.717) is 39.2 Å². The number of carbonyl (C=O) groups is 2. The van der Waals surface area contributed by atoms with E-state index in [1.165, 1.54) is 0 Å². The van der Waals surface area contributed by atoms with Gasteiger partial charge in [-0.3, -0.25) is 9.59 Å². The van der Waals surface area contributed by atoms with Gasteiger partial charge in [0.15, 0.2) is 4.84 Å². The Hall–Kier alpha value is -0.520. The van der Waals surface area contributed by atoms with Crippen molar-refractivity contribution < 1.29 is 14.3 Å². The number of carbonyl (C=O) groups excluding carboxylic acids is 2. The van der Waals surface area contributed by atoms with E-state index in [0.717, 1.165) is 0 Å². The lowest BCUT2D eigenvalue weighted by Crippen LogP contribution is -2.51. The van der Waals surface area contributed by atoms with E-state index in [1.54, 1.807) is 16.9 Å². The smallest absolute Gasteiger partial charge is 0.255 e. The molecule has 0 radical (unpaired) electrons. The number of alkyl halides is 2. The number of amides is 2. The summed E-state index contributed by atoms with van der Waals surface area (Å²) in [6.45, 7) is 2.42. The van der Waals surface area contributed by atoms with E-state index in [1.807, 2.05) is 0 Å². The summed E-state index contributed by atoms with van der Waals surface area (Å²) >= 11 is 11.0. The molecule has 1 aliphatic rings. The Morgan fingerprint density at radius 1 is 1.18 bits per heavy atom. The van der Waals surface area contributed by atoms with Gasteiger partial charge in [0.1, 0.15) is 0 Å². The minimum absolute atomic E-state index is 0.0484. The van der Waals surface area contributed by atoms with Crippen LogP contribution < -0.4 is 0 Å². The van der Waals surface area contributed by atoms with Crippen LogP contribution >= 0.6 is 23.2 Å². The Morgan fingerprint density at radius 3 is 2.18 bits per heavy atom. The Morgan fingerprint density at radius 2 is 1.71 bits per heavy atom. The van der Waals surface area contributed by atoms with Crippen LogP contribution in [-0.4, -0.2) is 66.3 Å². The Balaban J connectivity index is 2.35. The van der Waals surface area contributed by atoms with E-state index in [9.17, 15) is 9.59 Å². The third-order valence-electron chi connectivity index (χ3n) is 2.65. The molecule has 1 aliphatic heterocycles. The normalized spacial score (nSPS) is 16.5. The highest BCUT2D eigenvalue weighted by atomic mass is 35.5. The van der Waals surface area contributed by atoms with Crippen LogP contribution in [-0.2, 0) is 14.3 Å². The molecule has 17 heavy (non-hydrogen) atoms. The first kappa shape index (κ1) is 14.5. The Kier molecular flexibility index (Phi) is 6.02. The SMILES string of the molecule is COCCC(=O)N1CCN(C(=O)C(Cl)Cl)CC1. The van der Waals surface area contributed by atoms with Gasteiger partial charge in [0.25, 0.3) is 5.91 Å². The zero-order valence-electron chi connectivity index (χ0n) is 9.70. The molecule has 0 aromatic rings. The third kappa shape index (κ3) is 4.33. The number of nitrogens with zero attached hydrogens (tertiary/aromatic N) is 2. The third-order valence-corrected chi connectivity index (χ3v) is 3.02. The summed E-state index contributed by atoms with van der Waals surface area (Å²) in [6, 6.07) is 0. The first-order valence-corrected chi connectivity index (χ1v) is 6.27. The van der Waals surface area contributed by atoms with Crippen molar-refractivity contribution in [3.05, 3.63) is 0 Å². The molecule has 0 spiro atoms. The van der Waals surface area contributed by atoms with Crippen LogP contribution in [0.5, 0.6) is 0 Å². The summed E-state index contributed by atoms with van der Waals surface area (Å²) in [4.78, 5) is 25.4. The van der Waals surface area contributed by atoms with E-state index in [4.69, 9.17) is 27.9 Å². The number of rotatable bonds is 4. The average Bonchev–Trinajstić information content (AvgIpc) is 2.35. The molecule has 1 fully saturated rings. The summed E-state index contributed by atoms with van der Waals surface area (Å²) in [5, 5.41) is 0. The molecule has 2 amide bonds. The molecule has 0 unspecified atom stereocenters. The highest BCUT2D eigenvalue weighted by Crippen LogP contribution is 2.10. The molecule has 1 saturated heterocycles. The molecule has 98 valence electrons. The fourth-order valence-corrected chi connectivity index (χ4v) is 1.94. The molecule has 0 bridgehead atoms. The maximum absolute atomic E-state index is 11.7. The van der Waals surface area contributed by atoms with E-state index < -0.39 is 4.84 Å². The van der Waals surface area contributed by atoms with Crippen LogP contribution in [0.4, 0.5) is 0 Å². The van der Waals surface area contributed by atoms with Crippen LogP contribution in [0.15, 0.2) is 0 Å². The van der Waals surface area contributed by atoms with E-state index >= 15 is 0 Å². The van der Waals surface area contributed by atoms with Crippen molar-refractivity contribution in [2.75, 3.05) is 39.9 Å². The first-order valence-electron chi connectivity index (χ1n) is 5.40. The first-order chi connectivity index (χ1) is 8.06. The van der Waals surface area contributed by atoms with Crippen LogP contribution in [0, 0.1) is 0 Å². The number of piperazine rings is 1. The predicted octanol–water partition coefficient (Wildman–Crippen LogP) is 0.497. The predicted molar refractivity (Wildman–Crippen MR) is 65.1 cm³/mol. The fourth-order valence-electron chi connectivity index (χ4n) is 1.66. The molecular weight excluding hydrogens is 267 g/mol. The minimum atomic E-state index is -1.02. The molecule has 1 heterocycles. The van der Waals surface area contributed by atoms with E-state index in [2.05, 4.69) is 0 Å². The zero-order valence-corrected chi connectivity index (χ0v) is 11.2. The van der Waals surface area contributed by atoms with Crippen molar-refractivity contribution in [2.24, 2.45) is 0 Å². The van der Waals surface area contributed by atoms with E-state index in [-0.39, 0.29) is 11.8 Å². The van der Waals surface area contributed by atoms with Gasteiger partial charge in [0.2, 0.25) is 5.91 Å². The maximum Gasteiger partial charge on any atom is 0.255 e. The van der Waals surface area contributed by atoms with Crippen LogP contribution in [0.25, 0.3) is 0 Å². The van der Waals surface area contributed by atoms with Crippen molar-refractivity contribution in [1.82, 2.24) is 9.80 Å². The van der Waals surface area contributed by atoms with Gasteiger partial charge in [-0.1, -0.05) is 23.2 Å². The maximum atomic E-state index is 11.7. The monoisotopic (exact) mass is 282 g/mol. The van der Waals surface area contributed by atoms with Crippen LogP contribution in [0.3, 0.4) is 0 Å². The van der Waals surface area contributed by atoms with Crippen molar-refractivity contribution >= 4 is 35.0 Å². The van der Waals surface area contributed by atoms with Gasteiger partial charge >= 0.3 is 0 Å². The topological polar surface area (TPSA) is 49.9 Å². The molecule has 0 aromatic heterocycles. The van der Waals surface area contributed by atoms with Gasteiger partial charge < -0.3 is 14.5 Å². The number of ether oxygens (including phenoxy) is 1. The van der Waals surface area contributed by atoms with Gasteiger partial charge in [-0.15, -0.1) is 0 Å². The average molecular weight is 283 g/mol. The molecule has 7 heteroatoms. The lowest BCUT2D eigenvalue weighted by Gasteiger charge is -2.35. The van der Waals surface area contributed by atoms with Gasteiger partial charge in [-0.25, -0.2) is 0 Å². The summed E-state index contributed by atoms with van der Waals surface area (Å²) in [6.07, 6.45) is 0.373. The van der Waals surface area contributed by atoms with Crippen molar-refractivity contribution in [1.29, 1.82) is 0 Å². The molecular formula is C10H16Cl2N2O3. The minimum Gasteiger partial charge on any atom is -0.384 e. The highest BCUT2D eigenvalue weighted by Gasteiger charge is 2.26. The Labute approximate surface area is 111 Å². The van der Waals surface area contributed by atoms with Crippen molar-refractivity contribution in [2.45, 2.75) is 11.3 Å². The van der Waals surface area contributed by atoms with Crippen molar-refractivity contribution in [3.63, 3.8) is 0 Å². The molecule has 0 aliphatic carbocycles. The molecule has 1 rings (SSSR count). The summed E-state index contributed by atoms with van der Waals surface area (Å²) in [5.74, 6) is -0.246. The number of hydrogen-bond acceptors (Lipinski definition) is 3. The highest BCUT2D eigenvalue weighted by molar-refractivity contribution is 6.53. The van der Waals surface area contributed by atoms with Gasteiger partial charge in [0.05, 0.1) is 13.0 Å². The van der Waals surface area contributed by atoms with Crippen LogP contribution in [0.1, 0.15) is 6.42 Å². The molecule has 0 saturated carbocycles. The second-order valence-corrected chi connectivity index (χ2v) is 4.85. The Bertz CT molecular complexity index is 279. The van der Waals surface area contributed by atoms with Gasteiger partial charge in [-0.2, -0.15) is 0 Å². The quantitative estimate of drug-likeness (QED) is 0.706. The second-order valence-electron chi connectivity index (χ2n) is 3.75. The molecule has 0 atom stereocenters. The lowest BCUT2D eigenvalue weighted by atomic mass is 10.3. The van der Waals surface area contributed by atoms with Gasteiger partial charge in [-0.05, 0) is 0 Å². The van der Waals surface area contributed by atoms with Gasteiger partial charge in [0, 0.05) is 33.3 Å². The van der Waals surface area contributed by atoms with Crippen molar-refractivity contribution in [3.8, 4) is 0 Å². The number of halogens is 2. The number of hydrogen-bond donors (Lipinski definition) is 0. The second kappa shape index (κ2) is 7.03. The largest absolute Gasteiger partial charge is 0.384 e. The number of methoxy groups -OCH3 is 1. The molecule has 0 aromatic carbocycles. The summed E-state index contributed by atoms with van der Waals surface area (Å²) < 4.78 is 4.85. The zero-order chi connectivity index (χ0) is 12.8. The standard InChI is InChI=1S/C10H16Cl2N2O3/c1-17-7-2-8(15)13-3-5-14(6-4-13)10(16)9(11)12/h9H,2-7H2,1H3. The molecule has 0 N–H and O–H groups in total. The fraction of sp³-hybridized carbons (Fsp3) is 0.800. The summed E-state index contributed by atoms with van der Waals surface area (Å²) in [5.41, 5.74) is 0.